The maximum absolute atomic E-state index is 13.3. The molecule has 0 aliphatic carbocycles. The molecule has 2 aromatic heterocycles. The molecule has 1 unspecified atom stereocenters. The number of carbonyl (C=O) groups is 4. The van der Waals surface area contributed by atoms with Gasteiger partial charge in [0.1, 0.15) is 17.6 Å². The summed E-state index contributed by atoms with van der Waals surface area (Å²) in [5.41, 5.74) is 11.1. The highest BCUT2D eigenvalue weighted by atomic mass is 16.2. The van der Waals surface area contributed by atoms with Gasteiger partial charge in [-0.2, -0.15) is 5.10 Å². The van der Waals surface area contributed by atoms with Crippen LogP contribution in [0, 0.1) is 0 Å². The monoisotopic (exact) mass is 690 g/mol. The Balaban J connectivity index is 0.854. The lowest BCUT2D eigenvalue weighted by Gasteiger charge is -2.46. The first-order chi connectivity index (χ1) is 24.6. The van der Waals surface area contributed by atoms with E-state index >= 15 is 0 Å². The Hall–Kier alpha value is -5.34. The van der Waals surface area contributed by atoms with Crippen LogP contribution in [0.2, 0.25) is 0 Å². The molecule has 51 heavy (non-hydrogen) atoms. The predicted octanol–water partition coefficient (Wildman–Crippen LogP) is 2.33. The minimum absolute atomic E-state index is 0.0985. The second kappa shape index (κ2) is 13.1. The molecule has 4 amide bonds. The van der Waals surface area contributed by atoms with Crippen molar-refractivity contribution in [1.82, 2.24) is 35.2 Å². The van der Waals surface area contributed by atoms with Crippen molar-refractivity contribution in [2.45, 2.75) is 44.8 Å². The van der Waals surface area contributed by atoms with Crippen molar-refractivity contribution < 1.29 is 19.2 Å². The van der Waals surface area contributed by atoms with Gasteiger partial charge in [0.2, 0.25) is 11.8 Å². The summed E-state index contributed by atoms with van der Waals surface area (Å²) in [5, 5.41) is 10.9. The molecule has 3 saturated heterocycles. The summed E-state index contributed by atoms with van der Waals surface area (Å²) in [5.74, 6) is -1.000. The van der Waals surface area contributed by atoms with Crippen molar-refractivity contribution in [3.8, 4) is 11.3 Å². The fourth-order valence-corrected chi connectivity index (χ4v) is 8.12. The highest BCUT2D eigenvalue weighted by molar-refractivity contribution is 6.23. The smallest absolute Gasteiger partial charge is 0.262 e. The number of anilines is 3. The van der Waals surface area contributed by atoms with Gasteiger partial charge < -0.3 is 15.5 Å². The van der Waals surface area contributed by atoms with E-state index in [0.717, 1.165) is 90.9 Å². The average Bonchev–Trinajstić information content (AvgIpc) is 3.65. The van der Waals surface area contributed by atoms with E-state index in [2.05, 4.69) is 55.0 Å². The summed E-state index contributed by atoms with van der Waals surface area (Å²) < 4.78 is 0. The SMILES string of the molecule is C[C@@H]1CN(c2cc(-c3n[nH]c4ccc(N)cc34)ccn2)C[C@H](C)N1CCN1CCN(c2ccc3c(c2)C(=O)N(C2CCC(=O)NC2=O)C3=O)CC1. The van der Waals surface area contributed by atoms with Crippen molar-refractivity contribution >= 4 is 51.7 Å². The molecule has 0 saturated carbocycles. The molecule has 4 aliphatic rings. The number of nitrogens with two attached hydrogens (primary N) is 1. The van der Waals surface area contributed by atoms with Crippen molar-refractivity contribution in [3.63, 3.8) is 0 Å². The molecule has 3 atom stereocenters. The van der Waals surface area contributed by atoms with E-state index in [0.29, 0.717) is 28.9 Å². The molecular weight excluding hydrogens is 648 g/mol. The number of fused-ring (bicyclic) bond motifs is 2. The molecule has 6 heterocycles. The summed E-state index contributed by atoms with van der Waals surface area (Å²) in [6.45, 7) is 11.6. The zero-order valence-corrected chi connectivity index (χ0v) is 28.8. The van der Waals surface area contributed by atoms with Crippen molar-refractivity contribution in [1.29, 1.82) is 0 Å². The third-order valence-corrected chi connectivity index (χ3v) is 10.9. The Kier molecular flexibility index (Phi) is 8.43. The number of piperidine rings is 1. The molecule has 0 spiro atoms. The number of hydrogen-bond acceptors (Lipinski definition) is 11. The molecule has 14 heteroatoms. The van der Waals surface area contributed by atoms with Gasteiger partial charge in [-0.05, 0) is 68.8 Å². The summed E-state index contributed by atoms with van der Waals surface area (Å²) in [6, 6.07) is 15.0. The first kappa shape index (κ1) is 32.8. The number of nitrogens with zero attached hydrogens (tertiary/aromatic N) is 7. The Morgan fingerprint density at radius 2 is 1.61 bits per heavy atom. The van der Waals surface area contributed by atoms with Crippen molar-refractivity contribution in [3.05, 3.63) is 65.9 Å². The van der Waals surface area contributed by atoms with Crippen LogP contribution in [-0.4, -0.2) is 124 Å². The van der Waals surface area contributed by atoms with Crippen LogP contribution in [-0.2, 0) is 9.59 Å². The number of benzene rings is 2. The third-order valence-electron chi connectivity index (χ3n) is 10.9. The lowest BCUT2D eigenvalue weighted by atomic mass is 10.0. The van der Waals surface area contributed by atoms with Crippen LogP contribution >= 0.6 is 0 Å². The summed E-state index contributed by atoms with van der Waals surface area (Å²) in [7, 11) is 0. The maximum Gasteiger partial charge on any atom is 0.262 e. The quantitative estimate of drug-likeness (QED) is 0.193. The van der Waals surface area contributed by atoms with Gasteiger partial charge in [0.25, 0.3) is 11.8 Å². The Morgan fingerprint density at radius 3 is 2.37 bits per heavy atom. The Labute approximate surface area is 295 Å². The molecule has 264 valence electrons. The fourth-order valence-electron chi connectivity index (χ4n) is 8.12. The van der Waals surface area contributed by atoms with Crippen LogP contribution in [0.3, 0.4) is 0 Å². The topological polar surface area (TPSA) is 164 Å². The van der Waals surface area contributed by atoms with E-state index in [1.807, 2.05) is 36.5 Å². The fraction of sp³-hybridized carbons (Fsp3) is 0.405. The molecule has 0 radical (unpaired) electrons. The van der Waals surface area contributed by atoms with E-state index in [-0.39, 0.29) is 18.7 Å². The molecule has 14 nitrogen and oxygen atoms in total. The Morgan fingerprint density at radius 1 is 0.843 bits per heavy atom. The number of nitrogen functional groups attached to an aromatic ring is 1. The zero-order valence-electron chi connectivity index (χ0n) is 28.8. The number of imide groups is 2. The average molecular weight is 691 g/mol. The molecule has 8 rings (SSSR count). The highest BCUT2D eigenvalue weighted by Gasteiger charge is 2.45. The molecule has 3 fully saturated rings. The number of nitrogens with one attached hydrogen (secondary N) is 2. The maximum atomic E-state index is 13.3. The van der Waals surface area contributed by atoms with Gasteiger partial charge in [-0.25, -0.2) is 4.98 Å². The molecule has 4 N–H and O–H groups in total. The van der Waals surface area contributed by atoms with Gasteiger partial charge in [0, 0.05) is 99.4 Å². The normalized spacial score (nSPS) is 23.3. The standard InChI is InChI=1S/C37H42N10O4/c1-22-20-45(32-17-24(9-10-39-32)34-29-18-25(38)3-6-30(29)41-42-34)21-23(2)46(22)16-13-43-11-14-44(15-12-43)26-4-5-27-28(19-26)37(51)47(36(27)50)31-7-8-33(48)40-35(31)49/h3-6,9-10,17-19,22-23,31H,7-8,11-16,20-21,38H2,1-2H3,(H,41,42)(H,40,48,49)/t22-,23+,31?. The second-order valence-corrected chi connectivity index (χ2v) is 14.1. The number of rotatable bonds is 7. The number of aromatic amines is 1. The van der Waals surface area contributed by atoms with E-state index < -0.39 is 23.8 Å². The van der Waals surface area contributed by atoms with Crippen LogP contribution in [0.1, 0.15) is 47.4 Å². The lowest BCUT2D eigenvalue weighted by Crippen LogP contribution is -2.59. The first-order valence-corrected chi connectivity index (χ1v) is 17.7. The van der Waals surface area contributed by atoms with Gasteiger partial charge in [0.05, 0.1) is 16.6 Å². The summed E-state index contributed by atoms with van der Waals surface area (Å²) in [4.78, 5) is 65.9. The molecule has 2 aromatic carbocycles. The number of H-pyrrole nitrogens is 1. The lowest BCUT2D eigenvalue weighted by molar-refractivity contribution is -0.136. The number of carbonyl (C=O) groups excluding carboxylic acids is 4. The van der Waals surface area contributed by atoms with Gasteiger partial charge in [-0.1, -0.05) is 0 Å². The van der Waals surface area contributed by atoms with Crippen LogP contribution in [0.5, 0.6) is 0 Å². The van der Waals surface area contributed by atoms with Crippen molar-refractivity contribution in [2.75, 3.05) is 67.9 Å². The summed E-state index contributed by atoms with van der Waals surface area (Å²) in [6.07, 6.45) is 2.10. The third kappa shape index (κ3) is 6.08. The second-order valence-electron chi connectivity index (χ2n) is 14.1. The Bertz CT molecular complexity index is 2030. The molecular formula is C37H42N10O4. The van der Waals surface area contributed by atoms with Crippen molar-refractivity contribution in [2.24, 2.45) is 0 Å². The van der Waals surface area contributed by atoms with Crippen LogP contribution in [0.25, 0.3) is 22.2 Å². The van der Waals surface area contributed by atoms with Gasteiger partial charge >= 0.3 is 0 Å². The van der Waals surface area contributed by atoms with Crippen LogP contribution < -0.4 is 20.9 Å². The molecule has 4 aliphatic heterocycles. The first-order valence-electron chi connectivity index (χ1n) is 17.7. The molecule has 0 bridgehead atoms. The van der Waals surface area contributed by atoms with Crippen LogP contribution in [0.4, 0.5) is 17.2 Å². The van der Waals surface area contributed by atoms with Gasteiger partial charge in [-0.15, -0.1) is 0 Å². The minimum Gasteiger partial charge on any atom is -0.399 e. The highest BCUT2D eigenvalue weighted by Crippen LogP contribution is 2.32. The number of hydrogen-bond donors (Lipinski definition) is 3. The number of piperazine rings is 2. The van der Waals surface area contributed by atoms with E-state index in [1.165, 1.54) is 0 Å². The van der Waals surface area contributed by atoms with E-state index in [4.69, 9.17) is 10.7 Å². The molecule has 4 aromatic rings. The van der Waals surface area contributed by atoms with E-state index in [9.17, 15) is 19.2 Å². The predicted molar refractivity (Wildman–Crippen MR) is 193 cm³/mol. The van der Waals surface area contributed by atoms with Gasteiger partial charge in [-0.3, -0.25) is 44.3 Å². The van der Waals surface area contributed by atoms with Crippen LogP contribution in [0.15, 0.2) is 54.7 Å². The number of amides is 4. The van der Waals surface area contributed by atoms with E-state index in [1.54, 1.807) is 12.1 Å². The largest absolute Gasteiger partial charge is 0.399 e. The zero-order chi connectivity index (χ0) is 35.4. The number of aromatic nitrogens is 3. The minimum atomic E-state index is -0.965. The summed E-state index contributed by atoms with van der Waals surface area (Å²) >= 11 is 0. The van der Waals surface area contributed by atoms with Gasteiger partial charge in [0.15, 0.2) is 0 Å². The number of pyridine rings is 1.